The van der Waals surface area contributed by atoms with E-state index >= 15 is 0 Å². The number of benzene rings is 2. The molecule has 0 heterocycles. The molecule has 0 aliphatic rings. The Morgan fingerprint density at radius 2 is 1.76 bits per heavy atom. The molecule has 7 nitrogen and oxygen atoms in total. The average Bonchev–Trinajstić information content (AvgIpc) is 2.70. The summed E-state index contributed by atoms with van der Waals surface area (Å²) < 4.78 is 39.5. The quantitative estimate of drug-likeness (QED) is 0.582. The number of anilines is 1. The zero-order valence-electron chi connectivity index (χ0n) is 20.2. The molecule has 0 fully saturated rings. The molecule has 1 N–H and O–H groups in total. The van der Waals surface area contributed by atoms with E-state index in [1.165, 1.54) is 11.0 Å². The van der Waals surface area contributed by atoms with Crippen molar-refractivity contribution in [2.75, 3.05) is 17.1 Å². The van der Waals surface area contributed by atoms with Gasteiger partial charge >= 0.3 is 0 Å². The highest BCUT2D eigenvalue weighted by Gasteiger charge is 2.31. The maximum Gasteiger partial charge on any atom is 0.244 e. The highest BCUT2D eigenvalue weighted by atomic mass is 35.5. The number of carbonyl (C=O) groups excluding carboxylic acids is 2. The van der Waals surface area contributed by atoms with Gasteiger partial charge in [0, 0.05) is 12.1 Å². The SMILES string of the molecule is Cc1ccccc1CN(C(=O)CN(c1ccc(F)c(Cl)c1)S(C)(=O)=O)C(C)C(=O)NC(C)(C)C. The molecule has 2 rings (SSSR count). The van der Waals surface area contributed by atoms with Crippen LogP contribution in [0, 0.1) is 12.7 Å². The molecule has 0 saturated heterocycles. The zero-order chi connectivity index (χ0) is 25.8. The van der Waals surface area contributed by atoms with E-state index in [0.29, 0.717) is 0 Å². The lowest BCUT2D eigenvalue weighted by Gasteiger charge is -2.33. The summed E-state index contributed by atoms with van der Waals surface area (Å²) >= 11 is 5.84. The molecule has 0 aromatic heterocycles. The Morgan fingerprint density at radius 3 is 2.29 bits per heavy atom. The number of amides is 2. The van der Waals surface area contributed by atoms with Crippen LogP contribution in [0.5, 0.6) is 0 Å². The third kappa shape index (κ3) is 7.43. The van der Waals surface area contributed by atoms with Crippen molar-refractivity contribution in [3.8, 4) is 0 Å². The fourth-order valence-corrected chi connectivity index (χ4v) is 4.30. The zero-order valence-corrected chi connectivity index (χ0v) is 21.8. The summed E-state index contributed by atoms with van der Waals surface area (Å²) in [6, 6.07) is 9.95. The van der Waals surface area contributed by atoms with Gasteiger partial charge < -0.3 is 10.2 Å². The molecule has 186 valence electrons. The van der Waals surface area contributed by atoms with E-state index in [0.717, 1.165) is 33.8 Å². The van der Waals surface area contributed by atoms with Gasteiger partial charge in [-0.1, -0.05) is 35.9 Å². The second kappa shape index (κ2) is 10.7. The number of nitrogens with one attached hydrogen (secondary N) is 1. The van der Waals surface area contributed by atoms with E-state index < -0.39 is 39.9 Å². The van der Waals surface area contributed by atoms with Gasteiger partial charge in [0.2, 0.25) is 21.8 Å². The summed E-state index contributed by atoms with van der Waals surface area (Å²) in [6.07, 6.45) is 0.943. The van der Waals surface area contributed by atoms with Crippen LogP contribution in [0.1, 0.15) is 38.8 Å². The molecule has 2 aromatic rings. The van der Waals surface area contributed by atoms with Gasteiger partial charge in [-0.15, -0.1) is 0 Å². The summed E-state index contributed by atoms with van der Waals surface area (Å²) in [6.45, 7) is 8.49. The fraction of sp³-hybridized carbons (Fsp3) is 0.417. The number of rotatable bonds is 8. The first-order valence-corrected chi connectivity index (χ1v) is 12.9. The molecule has 0 saturated carbocycles. The minimum atomic E-state index is -3.93. The van der Waals surface area contributed by atoms with Crippen LogP contribution in [0.3, 0.4) is 0 Å². The van der Waals surface area contributed by atoms with Crippen molar-refractivity contribution in [1.82, 2.24) is 10.2 Å². The normalized spacial score (nSPS) is 12.7. The Labute approximate surface area is 205 Å². The van der Waals surface area contributed by atoms with Crippen LogP contribution >= 0.6 is 11.6 Å². The van der Waals surface area contributed by atoms with E-state index in [1.54, 1.807) is 6.92 Å². The second-order valence-electron chi connectivity index (χ2n) is 9.23. The van der Waals surface area contributed by atoms with Crippen molar-refractivity contribution < 1.29 is 22.4 Å². The molecule has 1 atom stereocenters. The fourth-order valence-electron chi connectivity index (χ4n) is 3.28. The third-order valence-corrected chi connectivity index (χ3v) is 6.57. The maximum atomic E-state index is 13.6. The molecule has 0 aliphatic carbocycles. The average molecular weight is 512 g/mol. The Morgan fingerprint density at radius 1 is 1.15 bits per heavy atom. The number of hydrogen-bond donors (Lipinski definition) is 1. The third-order valence-electron chi connectivity index (χ3n) is 5.14. The van der Waals surface area contributed by atoms with Gasteiger partial charge in [0.25, 0.3) is 0 Å². The predicted octanol–water partition coefficient (Wildman–Crippen LogP) is 3.89. The standard InChI is InChI=1S/C24H31ClFN3O4S/c1-16-9-7-8-10-18(16)14-28(17(2)23(31)27-24(3,4)5)22(30)15-29(34(6,32)33)19-11-12-21(26)20(25)13-19/h7-13,17H,14-15H2,1-6H3,(H,27,31). The molecule has 0 bridgehead atoms. The molecular weight excluding hydrogens is 481 g/mol. The van der Waals surface area contributed by atoms with E-state index in [2.05, 4.69) is 5.32 Å². The Bertz CT molecular complexity index is 1170. The van der Waals surface area contributed by atoms with Gasteiger partial charge in [0.1, 0.15) is 18.4 Å². The van der Waals surface area contributed by atoms with Crippen LogP contribution in [0.25, 0.3) is 0 Å². The summed E-state index contributed by atoms with van der Waals surface area (Å²) in [4.78, 5) is 27.7. The van der Waals surface area contributed by atoms with Gasteiger partial charge in [-0.3, -0.25) is 13.9 Å². The van der Waals surface area contributed by atoms with Crippen molar-refractivity contribution in [3.05, 3.63) is 64.4 Å². The van der Waals surface area contributed by atoms with Crippen molar-refractivity contribution in [2.45, 2.75) is 52.7 Å². The van der Waals surface area contributed by atoms with Crippen molar-refractivity contribution in [1.29, 1.82) is 0 Å². The molecule has 0 aliphatic heterocycles. The Kier molecular flexibility index (Phi) is 8.71. The molecule has 0 spiro atoms. The topological polar surface area (TPSA) is 86.8 Å². The molecule has 2 amide bonds. The highest BCUT2D eigenvalue weighted by molar-refractivity contribution is 7.92. The first-order chi connectivity index (χ1) is 15.6. The molecule has 10 heteroatoms. The molecule has 2 aromatic carbocycles. The first kappa shape index (κ1) is 27.6. The first-order valence-electron chi connectivity index (χ1n) is 10.7. The molecular formula is C24H31ClFN3O4S. The van der Waals surface area contributed by atoms with E-state index in [4.69, 9.17) is 11.6 Å². The van der Waals surface area contributed by atoms with E-state index in [-0.39, 0.29) is 23.2 Å². The number of sulfonamides is 1. The Balaban J connectivity index is 2.44. The van der Waals surface area contributed by atoms with Crippen molar-refractivity contribution in [3.63, 3.8) is 0 Å². The van der Waals surface area contributed by atoms with E-state index in [9.17, 15) is 22.4 Å². The van der Waals surface area contributed by atoms with Gasteiger partial charge in [0.15, 0.2) is 0 Å². The predicted molar refractivity (Wildman–Crippen MR) is 133 cm³/mol. The van der Waals surface area contributed by atoms with E-state index in [1.807, 2.05) is 52.0 Å². The van der Waals surface area contributed by atoms with Gasteiger partial charge in [-0.2, -0.15) is 0 Å². The number of hydrogen-bond acceptors (Lipinski definition) is 4. The van der Waals surface area contributed by atoms with Crippen LogP contribution in [0.4, 0.5) is 10.1 Å². The second-order valence-corrected chi connectivity index (χ2v) is 11.5. The van der Waals surface area contributed by atoms with Gasteiger partial charge in [0.05, 0.1) is 17.0 Å². The molecule has 0 radical (unpaired) electrons. The molecule has 34 heavy (non-hydrogen) atoms. The minimum Gasteiger partial charge on any atom is -0.350 e. The van der Waals surface area contributed by atoms with Gasteiger partial charge in [-0.25, -0.2) is 12.8 Å². The van der Waals surface area contributed by atoms with Crippen LogP contribution in [0.15, 0.2) is 42.5 Å². The number of nitrogens with zero attached hydrogens (tertiary/aromatic N) is 2. The van der Waals surface area contributed by atoms with Crippen LogP contribution in [-0.4, -0.2) is 49.5 Å². The maximum absolute atomic E-state index is 13.6. The smallest absolute Gasteiger partial charge is 0.244 e. The van der Waals surface area contributed by atoms with Crippen LogP contribution in [0.2, 0.25) is 5.02 Å². The van der Waals surface area contributed by atoms with Crippen molar-refractivity contribution >= 4 is 39.1 Å². The number of carbonyl (C=O) groups is 2. The van der Waals surface area contributed by atoms with Crippen LogP contribution < -0.4 is 9.62 Å². The van der Waals surface area contributed by atoms with Crippen molar-refractivity contribution in [2.24, 2.45) is 0 Å². The Hall–Kier alpha value is -2.65. The van der Waals surface area contributed by atoms with Gasteiger partial charge in [-0.05, 0) is 63.9 Å². The lowest BCUT2D eigenvalue weighted by molar-refractivity contribution is -0.140. The number of halogens is 2. The largest absolute Gasteiger partial charge is 0.350 e. The minimum absolute atomic E-state index is 0.0462. The summed E-state index contributed by atoms with van der Waals surface area (Å²) in [5, 5.41) is 2.59. The highest BCUT2D eigenvalue weighted by Crippen LogP contribution is 2.25. The lowest BCUT2D eigenvalue weighted by Crippen LogP contribution is -2.54. The summed E-state index contributed by atoms with van der Waals surface area (Å²) in [5.74, 6) is -1.67. The summed E-state index contributed by atoms with van der Waals surface area (Å²) in [5.41, 5.74) is 1.27. The molecule has 1 unspecified atom stereocenters. The lowest BCUT2D eigenvalue weighted by atomic mass is 10.1. The monoisotopic (exact) mass is 511 g/mol. The summed E-state index contributed by atoms with van der Waals surface area (Å²) in [7, 11) is -3.93. The van der Waals surface area contributed by atoms with Crippen LogP contribution in [-0.2, 0) is 26.2 Å². The number of aryl methyl sites for hydroxylation is 1.